The fraction of sp³-hybridized carbons (Fsp3) is 0.160. The Morgan fingerprint density at radius 2 is 1.79 bits per heavy atom. The minimum Gasteiger partial charge on any atom is -0.497 e. The van der Waals surface area contributed by atoms with Crippen LogP contribution in [0, 0.1) is 0 Å². The number of fused-ring (bicyclic) bond motifs is 1. The van der Waals surface area contributed by atoms with Crippen molar-refractivity contribution in [1.29, 1.82) is 0 Å². The van der Waals surface area contributed by atoms with E-state index in [1.54, 1.807) is 19.2 Å². The Hall–Kier alpha value is -3.07. The number of methoxy groups -OCH3 is 1. The van der Waals surface area contributed by atoms with E-state index in [1.807, 2.05) is 61.5 Å². The standard InChI is InChI=1S/C25H22ClN3O3S2/c1-15(24(31)29-25-28-21-12-9-19(32-2)14-22(21)34-25)33-20-10-7-18(8-11-20)27-23(30)13-16-3-5-17(26)6-4-16/h3-12,14-15H,13H2,1-2H3,(H,27,30)(H,28,29,31). The lowest BCUT2D eigenvalue weighted by Gasteiger charge is -2.11. The molecule has 0 aliphatic carbocycles. The summed E-state index contributed by atoms with van der Waals surface area (Å²) < 4.78 is 6.19. The van der Waals surface area contributed by atoms with Gasteiger partial charge in [-0.25, -0.2) is 4.98 Å². The molecule has 0 fully saturated rings. The average molecular weight is 512 g/mol. The predicted octanol–water partition coefficient (Wildman–Crippen LogP) is 6.26. The van der Waals surface area contributed by atoms with Crippen LogP contribution in [0.4, 0.5) is 10.8 Å². The minimum absolute atomic E-state index is 0.107. The molecule has 6 nitrogen and oxygen atoms in total. The number of rotatable bonds is 8. The molecule has 0 saturated carbocycles. The number of anilines is 2. The second kappa shape index (κ2) is 10.9. The van der Waals surface area contributed by atoms with Crippen LogP contribution in [-0.4, -0.2) is 29.2 Å². The van der Waals surface area contributed by atoms with Crippen molar-refractivity contribution in [2.24, 2.45) is 0 Å². The highest BCUT2D eigenvalue weighted by molar-refractivity contribution is 8.00. The van der Waals surface area contributed by atoms with Gasteiger partial charge >= 0.3 is 0 Å². The van der Waals surface area contributed by atoms with E-state index in [9.17, 15) is 9.59 Å². The summed E-state index contributed by atoms with van der Waals surface area (Å²) in [6, 6.07) is 20.2. The van der Waals surface area contributed by atoms with E-state index in [0.717, 1.165) is 26.4 Å². The molecular formula is C25H22ClN3O3S2. The zero-order valence-corrected chi connectivity index (χ0v) is 20.9. The Balaban J connectivity index is 1.30. The molecule has 1 unspecified atom stereocenters. The molecule has 34 heavy (non-hydrogen) atoms. The van der Waals surface area contributed by atoms with Gasteiger partial charge in [-0.3, -0.25) is 9.59 Å². The number of amides is 2. The van der Waals surface area contributed by atoms with Crippen molar-refractivity contribution < 1.29 is 14.3 Å². The van der Waals surface area contributed by atoms with E-state index in [-0.39, 0.29) is 23.5 Å². The van der Waals surface area contributed by atoms with Gasteiger partial charge in [0.25, 0.3) is 0 Å². The number of nitrogens with zero attached hydrogens (tertiary/aromatic N) is 1. The monoisotopic (exact) mass is 511 g/mol. The van der Waals surface area contributed by atoms with Crippen molar-refractivity contribution in [2.75, 3.05) is 17.7 Å². The Bertz CT molecular complexity index is 1310. The van der Waals surface area contributed by atoms with Gasteiger partial charge in [-0.1, -0.05) is 35.1 Å². The van der Waals surface area contributed by atoms with Crippen molar-refractivity contribution in [3.8, 4) is 5.75 Å². The minimum atomic E-state index is -0.327. The summed E-state index contributed by atoms with van der Waals surface area (Å²) in [4.78, 5) is 30.3. The molecule has 174 valence electrons. The van der Waals surface area contributed by atoms with E-state index in [0.29, 0.717) is 15.8 Å². The highest BCUT2D eigenvalue weighted by Gasteiger charge is 2.17. The number of ether oxygens (including phenoxy) is 1. The van der Waals surface area contributed by atoms with Gasteiger partial charge in [-0.2, -0.15) is 0 Å². The van der Waals surface area contributed by atoms with Gasteiger partial charge in [-0.15, -0.1) is 11.8 Å². The highest BCUT2D eigenvalue weighted by Crippen LogP contribution is 2.30. The van der Waals surface area contributed by atoms with Crippen molar-refractivity contribution >= 4 is 67.5 Å². The molecule has 0 radical (unpaired) electrons. The largest absolute Gasteiger partial charge is 0.497 e. The maximum Gasteiger partial charge on any atom is 0.239 e. The fourth-order valence-electron chi connectivity index (χ4n) is 3.16. The van der Waals surface area contributed by atoms with E-state index in [2.05, 4.69) is 15.6 Å². The van der Waals surface area contributed by atoms with Crippen molar-refractivity contribution in [1.82, 2.24) is 4.98 Å². The molecule has 4 aromatic rings. The summed E-state index contributed by atoms with van der Waals surface area (Å²) in [7, 11) is 1.62. The van der Waals surface area contributed by atoms with Gasteiger partial charge in [0.05, 0.1) is 29.0 Å². The van der Waals surface area contributed by atoms with Crippen molar-refractivity contribution in [3.05, 3.63) is 77.3 Å². The summed E-state index contributed by atoms with van der Waals surface area (Å²) in [5.41, 5.74) is 2.40. The lowest BCUT2D eigenvalue weighted by atomic mass is 10.1. The Morgan fingerprint density at radius 3 is 2.50 bits per heavy atom. The number of thiazole rings is 1. The zero-order chi connectivity index (χ0) is 24.1. The predicted molar refractivity (Wildman–Crippen MR) is 140 cm³/mol. The quantitative estimate of drug-likeness (QED) is 0.273. The molecule has 1 aromatic heterocycles. The number of carbonyl (C=O) groups excluding carboxylic acids is 2. The van der Waals surface area contributed by atoms with Gasteiger partial charge in [0.2, 0.25) is 11.8 Å². The topological polar surface area (TPSA) is 80.3 Å². The molecule has 1 heterocycles. The Labute approximate surface area is 210 Å². The third-order valence-corrected chi connectivity index (χ3v) is 7.22. The van der Waals surface area contributed by atoms with E-state index < -0.39 is 0 Å². The Morgan fingerprint density at radius 1 is 1.06 bits per heavy atom. The normalized spacial score (nSPS) is 11.7. The summed E-state index contributed by atoms with van der Waals surface area (Å²) in [5.74, 6) is 0.517. The lowest BCUT2D eigenvalue weighted by molar-refractivity contribution is -0.116. The fourth-order valence-corrected chi connectivity index (χ4v) is 5.05. The number of hydrogen-bond acceptors (Lipinski definition) is 6. The smallest absolute Gasteiger partial charge is 0.239 e. The Kier molecular flexibility index (Phi) is 7.72. The SMILES string of the molecule is COc1ccc2nc(NC(=O)C(C)Sc3ccc(NC(=O)Cc4ccc(Cl)cc4)cc3)sc2c1. The second-order valence-corrected chi connectivity index (χ2v) is 10.4. The molecule has 3 aromatic carbocycles. The molecule has 2 amide bonds. The van der Waals surface area contributed by atoms with Crippen LogP contribution in [0.2, 0.25) is 5.02 Å². The van der Waals surface area contributed by atoms with Gasteiger partial charge in [-0.05, 0) is 67.1 Å². The maximum atomic E-state index is 12.7. The van der Waals surface area contributed by atoms with E-state index >= 15 is 0 Å². The molecule has 0 aliphatic heterocycles. The van der Waals surface area contributed by atoms with Crippen LogP contribution in [0.25, 0.3) is 10.2 Å². The number of benzene rings is 3. The third-order valence-electron chi connectivity index (χ3n) is 4.92. The van der Waals surface area contributed by atoms with Gasteiger partial charge in [0.1, 0.15) is 5.75 Å². The molecule has 2 N–H and O–H groups in total. The number of nitrogens with one attached hydrogen (secondary N) is 2. The van der Waals surface area contributed by atoms with E-state index in [1.165, 1.54) is 23.1 Å². The first-order valence-electron chi connectivity index (χ1n) is 10.5. The molecular weight excluding hydrogens is 490 g/mol. The molecule has 0 spiro atoms. The highest BCUT2D eigenvalue weighted by atomic mass is 35.5. The number of aromatic nitrogens is 1. The maximum absolute atomic E-state index is 12.7. The first kappa shape index (κ1) is 24.1. The number of carbonyl (C=O) groups is 2. The van der Waals surface area contributed by atoms with Crippen LogP contribution >= 0.6 is 34.7 Å². The number of halogens is 1. The first-order chi connectivity index (χ1) is 16.4. The van der Waals surface area contributed by atoms with Crippen LogP contribution < -0.4 is 15.4 Å². The van der Waals surface area contributed by atoms with Crippen LogP contribution in [0.5, 0.6) is 5.75 Å². The van der Waals surface area contributed by atoms with Crippen LogP contribution in [-0.2, 0) is 16.0 Å². The zero-order valence-electron chi connectivity index (χ0n) is 18.5. The number of hydrogen-bond donors (Lipinski definition) is 2. The molecule has 0 bridgehead atoms. The van der Waals surface area contributed by atoms with Gasteiger partial charge in [0, 0.05) is 15.6 Å². The molecule has 9 heteroatoms. The second-order valence-electron chi connectivity index (χ2n) is 7.48. The first-order valence-corrected chi connectivity index (χ1v) is 12.5. The van der Waals surface area contributed by atoms with Crippen LogP contribution in [0.3, 0.4) is 0 Å². The van der Waals surface area contributed by atoms with Crippen LogP contribution in [0.15, 0.2) is 71.6 Å². The van der Waals surface area contributed by atoms with Crippen LogP contribution in [0.1, 0.15) is 12.5 Å². The summed E-state index contributed by atoms with van der Waals surface area (Å²) in [5, 5.41) is 6.65. The third kappa shape index (κ3) is 6.28. The van der Waals surface area contributed by atoms with E-state index in [4.69, 9.17) is 16.3 Å². The van der Waals surface area contributed by atoms with Gasteiger partial charge < -0.3 is 15.4 Å². The molecule has 4 rings (SSSR count). The lowest BCUT2D eigenvalue weighted by Crippen LogP contribution is -2.22. The van der Waals surface area contributed by atoms with Gasteiger partial charge in [0.15, 0.2) is 5.13 Å². The van der Waals surface area contributed by atoms with Crippen molar-refractivity contribution in [2.45, 2.75) is 23.5 Å². The summed E-state index contributed by atoms with van der Waals surface area (Å²) >= 11 is 8.72. The molecule has 1 atom stereocenters. The molecule has 0 saturated heterocycles. The summed E-state index contributed by atoms with van der Waals surface area (Å²) in [6.07, 6.45) is 0.267. The average Bonchev–Trinajstić information content (AvgIpc) is 3.23. The van der Waals surface area contributed by atoms with Crippen molar-refractivity contribution in [3.63, 3.8) is 0 Å². The molecule has 0 aliphatic rings. The number of thioether (sulfide) groups is 1. The summed E-state index contributed by atoms with van der Waals surface area (Å²) in [6.45, 7) is 1.85.